The molecular formula is C10H14BrNO5. The van der Waals surface area contributed by atoms with Crippen LogP contribution in [-0.2, 0) is 23.8 Å². The van der Waals surface area contributed by atoms with Crippen LogP contribution in [0.5, 0.6) is 0 Å². The minimum atomic E-state index is -0.679. The van der Waals surface area contributed by atoms with Crippen molar-refractivity contribution in [2.24, 2.45) is 17.6 Å². The van der Waals surface area contributed by atoms with Gasteiger partial charge >= 0.3 is 11.9 Å². The molecule has 0 aromatic carbocycles. The summed E-state index contributed by atoms with van der Waals surface area (Å²) < 4.78 is 15.0. The Balaban J connectivity index is 2.29. The van der Waals surface area contributed by atoms with E-state index in [0.29, 0.717) is 0 Å². The van der Waals surface area contributed by atoms with Gasteiger partial charge in [0.2, 0.25) is 0 Å². The molecule has 0 radical (unpaired) electrons. The van der Waals surface area contributed by atoms with Crippen LogP contribution in [0.4, 0.5) is 0 Å². The van der Waals surface area contributed by atoms with Crippen molar-refractivity contribution >= 4 is 27.9 Å². The lowest BCUT2D eigenvalue weighted by Crippen LogP contribution is -2.53. The molecule has 6 atom stereocenters. The fraction of sp³-hybridized carbons (Fsp3) is 0.800. The monoisotopic (exact) mass is 307 g/mol. The van der Waals surface area contributed by atoms with Gasteiger partial charge in [0.1, 0.15) is 11.8 Å². The van der Waals surface area contributed by atoms with Crippen molar-refractivity contribution in [3.05, 3.63) is 0 Å². The van der Waals surface area contributed by atoms with E-state index in [1.807, 2.05) is 0 Å². The van der Waals surface area contributed by atoms with Gasteiger partial charge in [0.25, 0.3) is 0 Å². The number of methoxy groups -OCH3 is 2. The SMILES string of the molecule is COC(=O)[C@@H]1[C@@H]2O[C@@H]([C@H](Br)[C@H]2N)[C@@H]1C(=O)OC. The van der Waals surface area contributed by atoms with Crippen molar-refractivity contribution < 1.29 is 23.8 Å². The van der Waals surface area contributed by atoms with Crippen LogP contribution in [0.25, 0.3) is 0 Å². The smallest absolute Gasteiger partial charge is 0.312 e. The van der Waals surface area contributed by atoms with Crippen LogP contribution in [0.15, 0.2) is 0 Å². The zero-order valence-corrected chi connectivity index (χ0v) is 11.0. The van der Waals surface area contributed by atoms with Crippen LogP contribution in [0.2, 0.25) is 0 Å². The summed E-state index contributed by atoms with van der Waals surface area (Å²) in [6, 6.07) is -0.329. The van der Waals surface area contributed by atoms with Crippen LogP contribution < -0.4 is 5.73 Å². The van der Waals surface area contributed by atoms with E-state index >= 15 is 0 Å². The quantitative estimate of drug-likeness (QED) is 0.543. The molecule has 2 aliphatic heterocycles. The van der Waals surface area contributed by atoms with Crippen molar-refractivity contribution in [2.45, 2.75) is 23.1 Å². The van der Waals surface area contributed by atoms with Crippen molar-refractivity contribution in [1.82, 2.24) is 0 Å². The predicted molar refractivity (Wildman–Crippen MR) is 60.4 cm³/mol. The standard InChI is InChI=1S/C10H14BrNO5/c1-15-9(13)3-4(10(14)16-2)8-6(12)5(11)7(3)17-8/h3-8H,12H2,1-2H3/t3-,4+,5-,6-,7-,8+/m1/s1. The normalized spacial score (nSPS) is 43.5. The number of carbonyl (C=O) groups is 2. The Kier molecular flexibility index (Phi) is 3.42. The summed E-state index contributed by atoms with van der Waals surface area (Å²) in [5, 5.41) is 0. The molecule has 96 valence electrons. The lowest BCUT2D eigenvalue weighted by molar-refractivity contribution is -0.158. The van der Waals surface area contributed by atoms with Crippen molar-refractivity contribution in [2.75, 3.05) is 14.2 Å². The second-order valence-electron chi connectivity index (χ2n) is 4.18. The first-order valence-corrected chi connectivity index (χ1v) is 6.15. The minimum Gasteiger partial charge on any atom is -0.469 e. The molecule has 2 saturated heterocycles. The molecule has 2 aliphatic rings. The Bertz CT molecular complexity index is 318. The largest absolute Gasteiger partial charge is 0.469 e. The minimum absolute atomic E-state index is 0.155. The predicted octanol–water partition coefficient (Wildman–Crippen LogP) is -0.563. The van der Waals surface area contributed by atoms with Gasteiger partial charge in [-0.3, -0.25) is 9.59 Å². The molecule has 0 unspecified atom stereocenters. The first kappa shape index (κ1) is 12.8. The first-order chi connectivity index (χ1) is 8.02. The molecule has 2 heterocycles. The number of ether oxygens (including phenoxy) is 3. The van der Waals surface area contributed by atoms with Crippen LogP contribution in [0.3, 0.4) is 0 Å². The van der Waals surface area contributed by atoms with Gasteiger partial charge in [0.15, 0.2) is 0 Å². The number of fused-ring (bicyclic) bond motifs is 2. The molecule has 0 aromatic rings. The van der Waals surface area contributed by atoms with Gasteiger partial charge < -0.3 is 19.9 Å². The molecule has 6 nitrogen and oxygen atoms in total. The average molecular weight is 308 g/mol. The third kappa shape index (κ3) is 1.76. The maximum absolute atomic E-state index is 11.7. The molecule has 0 aliphatic carbocycles. The summed E-state index contributed by atoms with van der Waals surface area (Å²) in [5.41, 5.74) is 5.92. The molecule has 0 spiro atoms. The number of carbonyl (C=O) groups excluding carboxylic acids is 2. The maximum Gasteiger partial charge on any atom is 0.312 e. The number of hydrogen-bond acceptors (Lipinski definition) is 6. The molecular weight excluding hydrogens is 294 g/mol. The van der Waals surface area contributed by atoms with E-state index in [2.05, 4.69) is 15.9 Å². The lowest BCUT2D eigenvalue weighted by atomic mass is 9.77. The van der Waals surface area contributed by atoms with E-state index in [-0.39, 0.29) is 10.9 Å². The zero-order valence-electron chi connectivity index (χ0n) is 9.46. The number of alkyl halides is 1. The maximum atomic E-state index is 11.7. The summed E-state index contributed by atoms with van der Waals surface area (Å²) in [5.74, 6) is -2.28. The Morgan fingerprint density at radius 1 is 1.12 bits per heavy atom. The van der Waals surface area contributed by atoms with Crippen molar-refractivity contribution in [1.29, 1.82) is 0 Å². The van der Waals surface area contributed by atoms with Crippen LogP contribution in [0, 0.1) is 11.8 Å². The van der Waals surface area contributed by atoms with E-state index in [1.165, 1.54) is 14.2 Å². The molecule has 0 saturated carbocycles. The molecule has 2 N–H and O–H groups in total. The van der Waals surface area contributed by atoms with Gasteiger partial charge in [0.05, 0.1) is 31.3 Å². The Morgan fingerprint density at radius 3 is 2.06 bits per heavy atom. The third-order valence-corrected chi connectivity index (χ3v) is 4.55. The van der Waals surface area contributed by atoms with E-state index in [9.17, 15) is 9.59 Å². The number of rotatable bonds is 2. The fourth-order valence-corrected chi connectivity index (χ4v) is 3.35. The Hall–Kier alpha value is -0.660. The Morgan fingerprint density at radius 2 is 1.59 bits per heavy atom. The van der Waals surface area contributed by atoms with Gasteiger partial charge in [-0.05, 0) is 0 Å². The second kappa shape index (κ2) is 4.55. The molecule has 0 amide bonds. The Labute approximate surface area is 107 Å². The van der Waals surface area contributed by atoms with Gasteiger partial charge in [-0.25, -0.2) is 0 Å². The summed E-state index contributed by atoms with van der Waals surface area (Å²) in [4.78, 5) is 23.3. The van der Waals surface area contributed by atoms with Crippen LogP contribution in [0.1, 0.15) is 0 Å². The number of halogens is 1. The summed E-state index contributed by atoms with van der Waals surface area (Å²) >= 11 is 3.39. The van der Waals surface area contributed by atoms with Crippen LogP contribution in [-0.4, -0.2) is 49.2 Å². The highest BCUT2D eigenvalue weighted by Crippen LogP contribution is 2.46. The van der Waals surface area contributed by atoms with Gasteiger partial charge in [-0.1, -0.05) is 15.9 Å². The summed E-state index contributed by atoms with van der Waals surface area (Å²) in [6.07, 6.45) is -0.938. The van der Waals surface area contributed by atoms with E-state index in [0.717, 1.165) is 0 Å². The third-order valence-electron chi connectivity index (χ3n) is 3.42. The zero-order chi connectivity index (χ0) is 12.7. The average Bonchev–Trinajstić information content (AvgIpc) is 2.85. The highest BCUT2D eigenvalue weighted by molar-refractivity contribution is 9.09. The molecule has 2 bridgehead atoms. The second-order valence-corrected chi connectivity index (χ2v) is 5.24. The van der Waals surface area contributed by atoms with Gasteiger partial charge in [0, 0.05) is 6.04 Å². The number of esters is 2. The highest BCUT2D eigenvalue weighted by Gasteiger charge is 2.63. The van der Waals surface area contributed by atoms with Crippen molar-refractivity contribution in [3.8, 4) is 0 Å². The lowest BCUT2D eigenvalue weighted by Gasteiger charge is -2.30. The van der Waals surface area contributed by atoms with Gasteiger partial charge in [-0.15, -0.1) is 0 Å². The molecule has 2 fully saturated rings. The van der Waals surface area contributed by atoms with E-state index < -0.39 is 36.0 Å². The first-order valence-electron chi connectivity index (χ1n) is 5.23. The van der Waals surface area contributed by atoms with Crippen LogP contribution >= 0.6 is 15.9 Å². The summed E-state index contributed by atoms with van der Waals surface area (Å²) in [7, 11) is 2.56. The van der Waals surface area contributed by atoms with E-state index in [4.69, 9.17) is 19.9 Å². The van der Waals surface area contributed by atoms with E-state index in [1.54, 1.807) is 0 Å². The fourth-order valence-electron chi connectivity index (χ4n) is 2.60. The molecule has 2 rings (SSSR count). The molecule has 7 heteroatoms. The molecule has 0 aromatic heterocycles. The number of nitrogens with two attached hydrogens (primary N) is 1. The van der Waals surface area contributed by atoms with Crippen molar-refractivity contribution in [3.63, 3.8) is 0 Å². The number of hydrogen-bond donors (Lipinski definition) is 1. The topological polar surface area (TPSA) is 87.9 Å². The highest BCUT2D eigenvalue weighted by atomic mass is 79.9. The molecule has 17 heavy (non-hydrogen) atoms. The summed E-state index contributed by atoms with van der Waals surface area (Å²) in [6.45, 7) is 0. The van der Waals surface area contributed by atoms with Gasteiger partial charge in [-0.2, -0.15) is 0 Å².